The second kappa shape index (κ2) is 4.55. The molecule has 0 bridgehead atoms. The molecule has 0 atom stereocenters. The molecule has 0 saturated heterocycles. The summed E-state index contributed by atoms with van der Waals surface area (Å²) in [7, 11) is 0. The van der Waals surface area contributed by atoms with E-state index in [2.05, 4.69) is 15.5 Å². The second-order valence-electron chi connectivity index (χ2n) is 3.43. The zero-order valence-corrected chi connectivity index (χ0v) is 8.20. The summed E-state index contributed by atoms with van der Waals surface area (Å²) in [5.74, 6) is 0.0752. The fraction of sp³-hybridized carbons (Fsp3) is 0.444. The van der Waals surface area contributed by atoms with E-state index >= 15 is 0 Å². The number of carbonyl (C=O) groups is 1. The maximum absolute atomic E-state index is 11.4. The number of hydrogen-bond donors (Lipinski definition) is 2. The van der Waals surface area contributed by atoms with Crippen LogP contribution in [0, 0.1) is 5.92 Å². The number of aromatic amines is 1. The molecule has 1 amide bonds. The van der Waals surface area contributed by atoms with Crippen molar-refractivity contribution in [1.29, 1.82) is 0 Å². The number of hydrogen-bond acceptors (Lipinski definition) is 3. The van der Waals surface area contributed by atoms with E-state index in [0.29, 0.717) is 12.5 Å². The summed E-state index contributed by atoms with van der Waals surface area (Å²) in [5, 5.41) is 8.68. The monoisotopic (exact) mass is 195 g/mol. The molecule has 0 spiro atoms. The van der Waals surface area contributed by atoms with Crippen LogP contribution in [0.15, 0.2) is 17.1 Å². The van der Waals surface area contributed by atoms with Gasteiger partial charge in [0.25, 0.3) is 5.91 Å². The predicted molar refractivity (Wildman–Crippen MR) is 52.0 cm³/mol. The summed E-state index contributed by atoms with van der Waals surface area (Å²) in [6.07, 6.45) is 1.12. The van der Waals surface area contributed by atoms with Crippen LogP contribution in [0.2, 0.25) is 0 Å². The molecular formula is C9H13N3O2. The SMILES string of the molecule is CC(C)CNC(=O)c1cc(=O)cn[nH]1. The van der Waals surface area contributed by atoms with Crippen molar-refractivity contribution in [2.75, 3.05) is 6.54 Å². The van der Waals surface area contributed by atoms with Gasteiger partial charge in [-0.1, -0.05) is 13.8 Å². The number of H-pyrrole nitrogens is 1. The highest BCUT2D eigenvalue weighted by molar-refractivity contribution is 5.91. The second-order valence-corrected chi connectivity index (χ2v) is 3.43. The molecule has 0 aliphatic carbocycles. The van der Waals surface area contributed by atoms with Crippen LogP contribution in [0.25, 0.3) is 0 Å². The van der Waals surface area contributed by atoms with Crippen LogP contribution in [0.5, 0.6) is 0 Å². The third-order valence-electron chi connectivity index (χ3n) is 1.58. The van der Waals surface area contributed by atoms with E-state index in [1.807, 2.05) is 13.8 Å². The Balaban J connectivity index is 2.65. The van der Waals surface area contributed by atoms with Gasteiger partial charge in [-0.3, -0.25) is 14.7 Å². The Labute approximate surface area is 81.5 Å². The van der Waals surface area contributed by atoms with E-state index in [1.165, 1.54) is 6.07 Å². The average molecular weight is 195 g/mol. The summed E-state index contributed by atoms with van der Waals surface area (Å²) in [6.45, 7) is 4.56. The Hall–Kier alpha value is -1.65. The summed E-state index contributed by atoms with van der Waals surface area (Å²) < 4.78 is 0. The van der Waals surface area contributed by atoms with E-state index in [1.54, 1.807) is 0 Å². The summed E-state index contributed by atoms with van der Waals surface area (Å²) in [5.41, 5.74) is -0.0865. The zero-order chi connectivity index (χ0) is 10.6. The molecule has 0 unspecified atom stereocenters. The first-order valence-corrected chi connectivity index (χ1v) is 4.42. The largest absolute Gasteiger partial charge is 0.350 e. The van der Waals surface area contributed by atoms with Gasteiger partial charge in [0, 0.05) is 12.6 Å². The number of aromatic nitrogens is 2. The van der Waals surface area contributed by atoms with Gasteiger partial charge in [0.1, 0.15) is 5.69 Å². The van der Waals surface area contributed by atoms with Gasteiger partial charge < -0.3 is 5.32 Å². The van der Waals surface area contributed by atoms with Crippen LogP contribution in [-0.4, -0.2) is 22.6 Å². The summed E-state index contributed by atoms with van der Waals surface area (Å²) >= 11 is 0. The van der Waals surface area contributed by atoms with Gasteiger partial charge in [0.2, 0.25) is 5.43 Å². The van der Waals surface area contributed by atoms with Gasteiger partial charge in [0.15, 0.2) is 0 Å². The van der Waals surface area contributed by atoms with Gasteiger partial charge in [-0.25, -0.2) is 0 Å². The number of nitrogens with one attached hydrogen (secondary N) is 2. The molecule has 0 saturated carbocycles. The molecule has 0 radical (unpaired) electrons. The van der Waals surface area contributed by atoms with Crippen molar-refractivity contribution in [2.24, 2.45) is 5.92 Å². The molecule has 5 nitrogen and oxygen atoms in total. The van der Waals surface area contributed by atoms with Gasteiger partial charge in [-0.15, -0.1) is 0 Å². The molecule has 1 aromatic heterocycles. The normalized spacial score (nSPS) is 10.2. The number of nitrogens with zero attached hydrogens (tertiary/aromatic N) is 1. The minimum atomic E-state index is -0.302. The predicted octanol–water partition coefficient (Wildman–Crippen LogP) is 0.156. The van der Waals surface area contributed by atoms with E-state index in [-0.39, 0.29) is 17.0 Å². The van der Waals surface area contributed by atoms with Gasteiger partial charge in [-0.05, 0) is 5.92 Å². The molecule has 1 rings (SSSR count). The van der Waals surface area contributed by atoms with Gasteiger partial charge >= 0.3 is 0 Å². The number of rotatable bonds is 3. The molecule has 76 valence electrons. The molecular weight excluding hydrogens is 182 g/mol. The lowest BCUT2D eigenvalue weighted by molar-refractivity contribution is 0.0943. The lowest BCUT2D eigenvalue weighted by atomic mass is 10.2. The molecule has 0 aliphatic heterocycles. The molecule has 5 heteroatoms. The molecule has 0 aromatic carbocycles. The molecule has 2 N–H and O–H groups in total. The van der Waals surface area contributed by atoms with Crippen molar-refractivity contribution >= 4 is 5.91 Å². The lowest BCUT2D eigenvalue weighted by Gasteiger charge is -2.06. The maximum Gasteiger partial charge on any atom is 0.269 e. The third-order valence-corrected chi connectivity index (χ3v) is 1.58. The molecule has 1 aromatic rings. The Bertz CT molecular complexity index is 370. The quantitative estimate of drug-likeness (QED) is 0.721. The molecule has 14 heavy (non-hydrogen) atoms. The fourth-order valence-corrected chi connectivity index (χ4v) is 0.886. The smallest absolute Gasteiger partial charge is 0.269 e. The average Bonchev–Trinajstić information content (AvgIpc) is 2.14. The van der Waals surface area contributed by atoms with E-state index in [4.69, 9.17) is 0 Å². The molecule has 1 heterocycles. The highest BCUT2D eigenvalue weighted by atomic mass is 16.2. The van der Waals surface area contributed by atoms with E-state index < -0.39 is 0 Å². The Kier molecular flexibility index (Phi) is 3.39. The highest BCUT2D eigenvalue weighted by Gasteiger charge is 2.06. The summed E-state index contributed by atoms with van der Waals surface area (Å²) in [6, 6.07) is 1.22. The van der Waals surface area contributed by atoms with Crippen LogP contribution in [0.3, 0.4) is 0 Å². The van der Waals surface area contributed by atoms with Crippen molar-refractivity contribution in [3.63, 3.8) is 0 Å². The van der Waals surface area contributed by atoms with Crippen molar-refractivity contribution in [3.05, 3.63) is 28.2 Å². The van der Waals surface area contributed by atoms with Crippen molar-refractivity contribution in [3.8, 4) is 0 Å². The first-order valence-electron chi connectivity index (χ1n) is 4.42. The minimum absolute atomic E-state index is 0.193. The van der Waals surface area contributed by atoms with E-state index in [0.717, 1.165) is 6.20 Å². The summed E-state index contributed by atoms with van der Waals surface area (Å²) in [4.78, 5) is 22.3. The first kappa shape index (κ1) is 10.4. The number of carbonyl (C=O) groups excluding carboxylic acids is 1. The number of amides is 1. The Morgan fingerprint density at radius 1 is 1.64 bits per heavy atom. The van der Waals surface area contributed by atoms with Gasteiger partial charge in [0.05, 0.1) is 6.20 Å². The fourth-order valence-electron chi connectivity index (χ4n) is 0.886. The van der Waals surface area contributed by atoms with Crippen molar-refractivity contribution in [1.82, 2.24) is 15.5 Å². The topological polar surface area (TPSA) is 74.8 Å². The highest BCUT2D eigenvalue weighted by Crippen LogP contribution is 1.90. The van der Waals surface area contributed by atoms with Crippen molar-refractivity contribution in [2.45, 2.75) is 13.8 Å². The lowest BCUT2D eigenvalue weighted by Crippen LogP contribution is -2.29. The third kappa shape index (κ3) is 3.01. The minimum Gasteiger partial charge on any atom is -0.350 e. The van der Waals surface area contributed by atoms with Crippen LogP contribution in [0.4, 0.5) is 0 Å². The Morgan fingerprint density at radius 3 is 2.93 bits per heavy atom. The van der Waals surface area contributed by atoms with Gasteiger partial charge in [-0.2, -0.15) is 5.10 Å². The Morgan fingerprint density at radius 2 is 2.36 bits per heavy atom. The first-order chi connectivity index (χ1) is 6.59. The molecule has 0 aliphatic rings. The van der Waals surface area contributed by atoms with E-state index in [9.17, 15) is 9.59 Å². The zero-order valence-electron chi connectivity index (χ0n) is 8.20. The standard InChI is InChI=1S/C9H13N3O2/c1-6(2)4-10-9(14)8-3-7(13)5-11-12-8/h3,5-6H,4H2,1-2H3,(H,10,14)(H,12,13). The van der Waals surface area contributed by atoms with Crippen LogP contribution < -0.4 is 10.7 Å². The van der Waals surface area contributed by atoms with Crippen molar-refractivity contribution < 1.29 is 4.79 Å². The van der Waals surface area contributed by atoms with Crippen LogP contribution in [-0.2, 0) is 0 Å². The maximum atomic E-state index is 11.4. The van der Waals surface area contributed by atoms with Crippen LogP contribution >= 0.6 is 0 Å². The van der Waals surface area contributed by atoms with Crippen LogP contribution in [0.1, 0.15) is 24.3 Å². The molecule has 0 fully saturated rings.